The summed E-state index contributed by atoms with van der Waals surface area (Å²) in [5.74, 6) is 0.225. The van der Waals surface area contributed by atoms with Gasteiger partial charge in [-0.2, -0.15) is 0 Å². The van der Waals surface area contributed by atoms with Crippen molar-refractivity contribution in [2.75, 3.05) is 0 Å². The van der Waals surface area contributed by atoms with E-state index in [0.29, 0.717) is 12.0 Å². The lowest BCUT2D eigenvalue weighted by Crippen LogP contribution is -1.83. The minimum absolute atomic E-state index is 0.225. The molecule has 0 aliphatic heterocycles. The Bertz CT molecular complexity index is 197. The first-order valence-electron chi connectivity index (χ1n) is 3.53. The van der Waals surface area contributed by atoms with Crippen molar-refractivity contribution in [3.63, 3.8) is 0 Å². The summed E-state index contributed by atoms with van der Waals surface area (Å²) in [6.07, 6.45) is 7.56. The molecule has 0 aromatic carbocycles. The number of hydrogen-bond donors (Lipinski definition) is 1. The summed E-state index contributed by atoms with van der Waals surface area (Å²) in [7, 11) is 0. The van der Waals surface area contributed by atoms with E-state index in [4.69, 9.17) is 0 Å². The van der Waals surface area contributed by atoms with Crippen LogP contribution >= 0.6 is 0 Å². The van der Waals surface area contributed by atoms with Gasteiger partial charge in [0.05, 0.1) is 0 Å². The van der Waals surface area contributed by atoms with Crippen LogP contribution in [-0.2, 0) is 0 Å². The topological polar surface area (TPSA) is 20.2 Å². The minimum atomic E-state index is 0.225. The van der Waals surface area contributed by atoms with E-state index in [1.54, 1.807) is 18.2 Å². The lowest BCUT2D eigenvalue weighted by Gasteiger charge is -1.98. The fraction of sp³-hybridized carbons (Fsp3) is 0.200. The zero-order valence-electron chi connectivity index (χ0n) is 6.88. The third-order valence-electron chi connectivity index (χ3n) is 1.20. The number of aliphatic hydroxyl groups is 1. The maximum Gasteiger partial charge on any atom is 0.118 e. The Balaban J connectivity index is 4.10. The molecule has 0 saturated carbocycles. The Morgan fingerprint density at radius 1 is 1.55 bits per heavy atom. The summed E-state index contributed by atoms with van der Waals surface area (Å²) in [6.45, 7) is 9.11. The Hall–Kier alpha value is -1.24. The zero-order valence-corrected chi connectivity index (χ0v) is 6.88. The number of allylic oxidation sites excluding steroid dienone is 5. The predicted octanol–water partition coefficient (Wildman–Crippen LogP) is 3.14. The Kier molecular flexibility index (Phi) is 4.91. The fourth-order valence-electron chi connectivity index (χ4n) is 0.584. The summed E-state index contributed by atoms with van der Waals surface area (Å²) in [6, 6.07) is 0. The van der Waals surface area contributed by atoms with Gasteiger partial charge >= 0.3 is 0 Å². The van der Waals surface area contributed by atoms with Crippen LogP contribution in [0.15, 0.2) is 48.8 Å². The number of rotatable bonds is 4. The van der Waals surface area contributed by atoms with E-state index in [1.807, 2.05) is 13.0 Å². The van der Waals surface area contributed by atoms with E-state index in [-0.39, 0.29) is 5.76 Å². The second-order valence-electron chi connectivity index (χ2n) is 2.17. The highest BCUT2D eigenvalue weighted by molar-refractivity contribution is 5.26. The van der Waals surface area contributed by atoms with Gasteiger partial charge in [-0.3, -0.25) is 0 Å². The van der Waals surface area contributed by atoms with Gasteiger partial charge < -0.3 is 5.11 Å². The normalized spacial score (nSPS) is 11.9. The second kappa shape index (κ2) is 5.54. The molecule has 1 nitrogen and oxygen atoms in total. The lowest BCUT2D eigenvalue weighted by molar-refractivity contribution is 0.422. The van der Waals surface area contributed by atoms with Crippen LogP contribution in [0, 0.1) is 0 Å². The van der Waals surface area contributed by atoms with E-state index < -0.39 is 0 Å². The van der Waals surface area contributed by atoms with Crippen molar-refractivity contribution in [2.45, 2.75) is 13.3 Å². The quantitative estimate of drug-likeness (QED) is 0.371. The first-order chi connectivity index (χ1) is 5.22. The van der Waals surface area contributed by atoms with Crippen molar-refractivity contribution in [2.24, 2.45) is 0 Å². The van der Waals surface area contributed by atoms with E-state index in [9.17, 15) is 5.11 Å². The van der Waals surface area contributed by atoms with Gasteiger partial charge in [0, 0.05) is 0 Å². The average molecular weight is 150 g/mol. The summed E-state index contributed by atoms with van der Waals surface area (Å²) >= 11 is 0. The van der Waals surface area contributed by atoms with Gasteiger partial charge in [0.15, 0.2) is 0 Å². The molecule has 0 rings (SSSR count). The summed E-state index contributed by atoms with van der Waals surface area (Å²) in [4.78, 5) is 0. The maximum absolute atomic E-state index is 9.24. The smallest absolute Gasteiger partial charge is 0.118 e. The summed E-state index contributed by atoms with van der Waals surface area (Å²) in [5, 5.41) is 9.24. The molecule has 0 aromatic heterocycles. The first kappa shape index (κ1) is 9.76. The van der Waals surface area contributed by atoms with Gasteiger partial charge in [-0.1, -0.05) is 24.8 Å². The molecule has 0 heterocycles. The van der Waals surface area contributed by atoms with Gasteiger partial charge in [-0.05, 0) is 25.0 Å². The lowest BCUT2D eigenvalue weighted by atomic mass is 10.1. The molecule has 60 valence electrons. The van der Waals surface area contributed by atoms with Crippen LogP contribution in [0.1, 0.15) is 13.3 Å². The van der Waals surface area contributed by atoms with Crippen LogP contribution < -0.4 is 0 Å². The van der Waals surface area contributed by atoms with Crippen molar-refractivity contribution in [1.29, 1.82) is 0 Å². The van der Waals surface area contributed by atoms with Gasteiger partial charge in [-0.15, -0.1) is 6.58 Å². The highest BCUT2D eigenvalue weighted by Crippen LogP contribution is 2.08. The first-order valence-corrected chi connectivity index (χ1v) is 3.53. The largest absolute Gasteiger partial charge is 0.508 e. The van der Waals surface area contributed by atoms with Crippen molar-refractivity contribution in [3.05, 3.63) is 48.8 Å². The maximum atomic E-state index is 9.24. The van der Waals surface area contributed by atoms with E-state index in [1.165, 1.54) is 0 Å². The molecule has 0 aliphatic rings. The van der Waals surface area contributed by atoms with E-state index in [0.717, 1.165) is 0 Å². The SMILES string of the molecule is C=CCC(=C)/C(O)=C\C=C/C. The predicted molar refractivity (Wildman–Crippen MR) is 49.5 cm³/mol. The molecular formula is C10H14O. The molecule has 0 bridgehead atoms. The van der Waals surface area contributed by atoms with Gasteiger partial charge in [0.2, 0.25) is 0 Å². The number of hydrogen-bond acceptors (Lipinski definition) is 1. The molecule has 0 radical (unpaired) electrons. The van der Waals surface area contributed by atoms with E-state index >= 15 is 0 Å². The van der Waals surface area contributed by atoms with Crippen LogP contribution in [0.4, 0.5) is 0 Å². The van der Waals surface area contributed by atoms with Gasteiger partial charge in [0.1, 0.15) is 5.76 Å². The molecule has 0 fully saturated rings. The zero-order chi connectivity index (χ0) is 8.69. The average Bonchev–Trinajstić information content (AvgIpc) is 2.00. The van der Waals surface area contributed by atoms with Crippen molar-refractivity contribution in [3.8, 4) is 0 Å². The Morgan fingerprint density at radius 2 is 2.18 bits per heavy atom. The molecule has 1 N–H and O–H groups in total. The second-order valence-corrected chi connectivity index (χ2v) is 2.17. The molecule has 0 aliphatic carbocycles. The highest BCUT2D eigenvalue weighted by atomic mass is 16.3. The monoisotopic (exact) mass is 150 g/mol. The molecule has 0 spiro atoms. The van der Waals surface area contributed by atoms with E-state index in [2.05, 4.69) is 13.2 Å². The Labute approximate surface area is 68.1 Å². The minimum Gasteiger partial charge on any atom is -0.508 e. The van der Waals surface area contributed by atoms with Crippen LogP contribution in [0.25, 0.3) is 0 Å². The van der Waals surface area contributed by atoms with Crippen LogP contribution in [-0.4, -0.2) is 5.11 Å². The molecular weight excluding hydrogens is 136 g/mol. The van der Waals surface area contributed by atoms with Gasteiger partial charge in [-0.25, -0.2) is 0 Å². The molecule has 1 heteroatoms. The third kappa shape index (κ3) is 4.20. The fourth-order valence-corrected chi connectivity index (χ4v) is 0.584. The van der Waals surface area contributed by atoms with Crippen molar-refractivity contribution >= 4 is 0 Å². The molecule has 0 unspecified atom stereocenters. The molecule has 0 amide bonds. The van der Waals surface area contributed by atoms with Crippen LogP contribution in [0.2, 0.25) is 0 Å². The third-order valence-corrected chi connectivity index (χ3v) is 1.20. The highest BCUT2D eigenvalue weighted by Gasteiger charge is 1.94. The van der Waals surface area contributed by atoms with Crippen LogP contribution in [0.3, 0.4) is 0 Å². The summed E-state index contributed by atoms with van der Waals surface area (Å²) < 4.78 is 0. The molecule has 11 heavy (non-hydrogen) atoms. The number of aliphatic hydroxyl groups excluding tert-OH is 1. The van der Waals surface area contributed by atoms with Crippen molar-refractivity contribution in [1.82, 2.24) is 0 Å². The molecule has 0 atom stereocenters. The molecule has 0 aromatic rings. The Morgan fingerprint density at radius 3 is 2.64 bits per heavy atom. The standard InChI is InChI=1S/C10H14O/c1-4-6-8-10(11)9(3)7-5-2/h4-6,8,11H,2-3,7H2,1H3/b6-4-,10-8+. The van der Waals surface area contributed by atoms with Crippen LogP contribution in [0.5, 0.6) is 0 Å². The van der Waals surface area contributed by atoms with Gasteiger partial charge in [0.25, 0.3) is 0 Å². The molecule has 0 saturated heterocycles. The summed E-state index contributed by atoms with van der Waals surface area (Å²) in [5.41, 5.74) is 0.693. The van der Waals surface area contributed by atoms with Crippen molar-refractivity contribution < 1.29 is 5.11 Å².